The molecule has 0 fully saturated rings. The minimum Gasteiger partial charge on any atom is -0.494 e. The minimum absolute atomic E-state index is 0.339. The summed E-state index contributed by atoms with van der Waals surface area (Å²) < 4.78 is 10.7. The number of esters is 1. The maximum Gasteiger partial charge on any atom is 0.341 e. The van der Waals surface area contributed by atoms with E-state index in [1.165, 1.54) is 0 Å². The Morgan fingerprint density at radius 2 is 1.91 bits per heavy atom. The van der Waals surface area contributed by atoms with Crippen LogP contribution in [0.2, 0.25) is 0 Å². The lowest BCUT2D eigenvalue weighted by Gasteiger charge is -2.25. The largest absolute Gasteiger partial charge is 0.494 e. The zero-order valence-electron chi connectivity index (χ0n) is 14.5. The van der Waals surface area contributed by atoms with Gasteiger partial charge < -0.3 is 14.4 Å². The third-order valence-electron chi connectivity index (χ3n) is 3.85. The molecule has 0 N–H and O–H groups in total. The molecular weight excluding hydrogens is 292 g/mol. The van der Waals surface area contributed by atoms with Gasteiger partial charge in [-0.15, -0.1) is 0 Å². The molecule has 0 aliphatic rings. The summed E-state index contributed by atoms with van der Waals surface area (Å²) in [5.41, 5.74) is 3.18. The van der Waals surface area contributed by atoms with E-state index in [-0.39, 0.29) is 5.97 Å². The van der Waals surface area contributed by atoms with E-state index in [0.717, 1.165) is 35.2 Å². The summed E-state index contributed by atoms with van der Waals surface area (Å²) in [5, 5.41) is 0.913. The molecule has 0 aliphatic carbocycles. The van der Waals surface area contributed by atoms with Gasteiger partial charge in [0.15, 0.2) is 0 Å². The molecular formula is C18H24N2O3. The van der Waals surface area contributed by atoms with E-state index in [4.69, 9.17) is 9.47 Å². The second-order valence-corrected chi connectivity index (χ2v) is 5.28. The van der Waals surface area contributed by atoms with Gasteiger partial charge >= 0.3 is 5.97 Å². The lowest BCUT2D eigenvalue weighted by Crippen LogP contribution is -2.25. The number of anilines is 1. The summed E-state index contributed by atoms with van der Waals surface area (Å²) >= 11 is 0. The Morgan fingerprint density at radius 3 is 2.48 bits per heavy atom. The number of hydrogen-bond acceptors (Lipinski definition) is 5. The number of carbonyl (C=O) groups is 1. The number of aromatic nitrogens is 1. The van der Waals surface area contributed by atoms with E-state index in [1.54, 1.807) is 20.2 Å². The van der Waals surface area contributed by atoms with Gasteiger partial charge in [0.1, 0.15) is 16.8 Å². The Labute approximate surface area is 137 Å². The molecule has 2 rings (SSSR count). The first-order valence-electron chi connectivity index (χ1n) is 7.96. The number of ether oxygens (including phenoxy) is 2. The second kappa shape index (κ2) is 7.31. The first kappa shape index (κ1) is 17.1. The Bertz CT molecular complexity index is 709. The Hall–Kier alpha value is -2.30. The van der Waals surface area contributed by atoms with E-state index in [2.05, 4.69) is 23.7 Å². The number of benzene rings is 1. The van der Waals surface area contributed by atoms with Gasteiger partial charge in [-0.05, 0) is 45.4 Å². The average Bonchev–Trinajstić information content (AvgIpc) is 2.55. The minimum atomic E-state index is -0.343. The van der Waals surface area contributed by atoms with Crippen molar-refractivity contribution in [2.24, 2.45) is 0 Å². The van der Waals surface area contributed by atoms with Crippen LogP contribution >= 0.6 is 0 Å². The van der Waals surface area contributed by atoms with Gasteiger partial charge in [0.2, 0.25) is 0 Å². The molecule has 5 nitrogen and oxygen atoms in total. The van der Waals surface area contributed by atoms with Gasteiger partial charge in [-0.25, -0.2) is 4.79 Å². The number of aryl methyl sites for hydroxylation is 1. The van der Waals surface area contributed by atoms with Gasteiger partial charge in [-0.2, -0.15) is 0 Å². The van der Waals surface area contributed by atoms with Crippen molar-refractivity contribution in [3.05, 3.63) is 29.5 Å². The van der Waals surface area contributed by atoms with Crippen molar-refractivity contribution in [3.63, 3.8) is 0 Å². The average molecular weight is 316 g/mol. The Kier molecular flexibility index (Phi) is 5.42. The highest BCUT2D eigenvalue weighted by Gasteiger charge is 2.21. The zero-order valence-corrected chi connectivity index (χ0v) is 14.5. The van der Waals surface area contributed by atoms with Crippen LogP contribution < -0.4 is 9.64 Å². The zero-order chi connectivity index (χ0) is 17.0. The summed E-state index contributed by atoms with van der Waals surface area (Å²) in [4.78, 5) is 19.0. The first-order chi connectivity index (χ1) is 11.1. The van der Waals surface area contributed by atoms with Crippen LogP contribution in [0, 0.1) is 6.92 Å². The lowest BCUT2D eigenvalue weighted by molar-refractivity contribution is 0.0527. The summed E-state index contributed by atoms with van der Waals surface area (Å²) in [6.45, 7) is 9.86. The maximum absolute atomic E-state index is 12.4. The SMILES string of the molecule is CCOC(=O)c1cnc2c(OC)cc(C)cc2c1N(CC)CC. The van der Waals surface area contributed by atoms with E-state index >= 15 is 0 Å². The molecule has 0 amide bonds. The molecule has 124 valence electrons. The number of carbonyl (C=O) groups excluding carboxylic acids is 1. The summed E-state index contributed by atoms with van der Waals surface area (Å²) in [5.74, 6) is 0.369. The standard InChI is InChI=1S/C18H24N2O3/c1-6-20(7-2)17-13-9-12(4)10-15(22-5)16(13)19-11-14(17)18(21)23-8-3/h9-11H,6-8H2,1-5H3. The number of fused-ring (bicyclic) bond motifs is 1. The maximum atomic E-state index is 12.4. The molecule has 1 aromatic heterocycles. The van der Waals surface area contributed by atoms with E-state index in [9.17, 15) is 4.79 Å². The molecule has 0 radical (unpaired) electrons. The van der Waals surface area contributed by atoms with Crippen LogP contribution in [-0.4, -0.2) is 37.8 Å². The van der Waals surface area contributed by atoms with Crippen LogP contribution in [0.4, 0.5) is 5.69 Å². The van der Waals surface area contributed by atoms with Gasteiger partial charge in [0.05, 0.1) is 19.4 Å². The molecule has 0 saturated heterocycles. The third-order valence-corrected chi connectivity index (χ3v) is 3.85. The van der Waals surface area contributed by atoms with Crippen molar-refractivity contribution < 1.29 is 14.3 Å². The van der Waals surface area contributed by atoms with Crippen molar-refractivity contribution in [2.45, 2.75) is 27.7 Å². The highest BCUT2D eigenvalue weighted by Crippen LogP contribution is 2.35. The molecule has 23 heavy (non-hydrogen) atoms. The molecule has 0 atom stereocenters. The Morgan fingerprint density at radius 1 is 1.22 bits per heavy atom. The van der Waals surface area contributed by atoms with Gasteiger partial charge in [-0.1, -0.05) is 0 Å². The van der Waals surface area contributed by atoms with Crippen LogP contribution in [0.25, 0.3) is 10.9 Å². The second-order valence-electron chi connectivity index (χ2n) is 5.28. The van der Waals surface area contributed by atoms with Crippen molar-refractivity contribution in [1.29, 1.82) is 0 Å². The summed E-state index contributed by atoms with van der Waals surface area (Å²) in [6, 6.07) is 3.99. The predicted octanol–water partition coefficient (Wildman–Crippen LogP) is 3.57. The summed E-state index contributed by atoms with van der Waals surface area (Å²) in [7, 11) is 1.63. The molecule has 0 bridgehead atoms. The number of rotatable bonds is 6. The van der Waals surface area contributed by atoms with Crippen LogP contribution in [0.15, 0.2) is 18.3 Å². The molecule has 2 aromatic rings. The van der Waals surface area contributed by atoms with Gasteiger partial charge in [0.25, 0.3) is 0 Å². The van der Waals surface area contributed by atoms with Crippen molar-refractivity contribution >= 4 is 22.6 Å². The van der Waals surface area contributed by atoms with Gasteiger partial charge in [0, 0.05) is 24.7 Å². The van der Waals surface area contributed by atoms with E-state index in [1.807, 2.05) is 19.1 Å². The van der Waals surface area contributed by atoms with Gasteiger partial charge in [-0.3, -0.25) is 4.98 Å². The normalized spacial score (nSPS) is 10.7. The van der Waals surface area contributed by atoms with Crippen LogP contribution in [-0.2, 0) is 4.74 Å². The fourth-order valence-corrected chi connectivity index (χ4v) is 2.79. The number of nitrogens with zero attached hydrogens (tertiary/aromatic N) is 2. The molecule has 0 unspecified atom stereocenters. The van der Waals surface area contributed by atoms with Crippen LogP contribution in [0.5, 0.6) is 5.75 Å². The highest BCUT2D eigenvalue weighted by molar-refractivity contribution is 6.06. The number of methoxy groups -OCH3 is 1. The fraction of sp³-hybridized carbons (Fsp3) is 0.444. The van der Waals surface area contributed by atoms with Crippen molar-refractivity contribution in [2.75, 3.05) is 31.7 Å². The van der Waals surface area contributed by atoms with Crippen LogP contribution in [0.3, 0.4) is 0 Å². The molecule has 1 aromatic carbocycles. The van der Waals surface area contributed by atoms with E-state index < -0.39 is 0 Å². The van der Waals surface area contributed by atoms with Crippen molar-refractivity contribution in [3.8, 4) is 5.75 Å². The smallest absolute Gasteiger partial charge is 0.341 e. The first-order valence-corrected chi connectivity index (χ1v) is 7.96. The van der Waals surface area contributed by atoms with Crippen LogP contribution in [0.1, 0.15) is 36.7 Å². The van der Waals surface area contributed by atoms with E-state index in [0.29, 0.717) is 17.9 Å². The Balaban J connectivity index is 2.82. The number of hydrogen-bond donors (Lipinski definition) is 0. The fourth-order valence-electron chi connectivity index (χ4n) is 2.79. The third kappa shape index (κ3) is 3.23. The molecule has 0 spiro atoms. The summed E-state index contributed by atoms with van der Waals surface area (Å²) in [6.07, 6.45) is 1.59. The molecule has 1 heterocycles. The monoisotopic (exact) mass is 316 g/mol. The molecule has 0 aliphatic heterocycles. The number of pyridine rings is 1. The quantitative estimate of drug-likeness (QED) is 0.763. The molecule has 0 saturated carbocycles. The molecule has 5 heteroatoms. The lowest BCUT2D eigenvalue weighted by atomic mass is 10.0. The topological polar surface area (TPSA) is 51.7 Å². The highest BCUT2D eigenvalue weighted by atomic mass is 16.5. The van der Waals surface area contributed by atoms with Crippen molar-refractivity contribution in [1.82, 2.24) is 4.98 Å². The predicted molar refractivity (Wildman–Crippen MR) is 92.5 cm³/mol.